The van der Waals surface area contributed by atoms with Gasteiger partial charge in [0.15, 0.2) is 5.76 Å². The highest BCUT2D eigenvalue weighted by Gasteiger charge is 2.16. The van der Waals surface area contributed by atoms with Crippen LogP contribution in [0.3, 0.4) is 0 Å². The molecular weight excluding hydrogens is 320 g/mol. The van der Waals surface area contributed by atoms with Gasteiger partial charge in [-0.25, -0.2) is 5.84 Å². The van der Waals surface area contributed by atoms with Crippen LogP contribution in [0.1, 0.15) is 22.2 Å². The predicted molar refractivity (Wildman–Crippen MR) is 92.7 cm³/mol. The number of carbonyl (C=O) groups excluding carboxylic acids is 1. The summed E-state index contributed by atoms with van der Waals surface area (Å²) >= 11 is 0. The highest BCUT2D eigenvalue weighted by molar-refractivity contribution is 5.97. The van der Waals surface area contributed by atoms with Gasteiger partial charge in [-0.2, -0.15) is 0 Å². The largest absolute Gasteiger partial charge is 0.491 e. The Bertz CT molecular complexity index is 845. The van der Waals surface area contributed by atoms with Crippen LogP contribution in [-0.2, 0) is 0 Å². The molecule has 0 aliphatic carbocycles. The summed E-state index contributed by atoms with van der Waals surface area (Å²) in [4.78, 5) is 11.7. The first-order valence-corrected chi connectivity index (χ1v) is 7.73. The standard InChI is InChI=1S/C19H18N2O4/c20-21-19(23)18-16(9-10-24-18)14-7-4-8-15(11-14)25-12-17(22)13-5-2-1-3-6-13/h1-11,17,22H,12,20H2,(H,21,23). The Balaban J connectivity index is 1.74. The molecule has 4 N–H and O–H groups in total. The van der Waals surface area contributed by atoms with Gasteiger partial charge in [-0.3, -0.25) is 10.2 Å². The number of nitrogens with two attached hydrogens (primary N) is 1. The van der Waals surface area contributed by atoms with Gasteiger partial charge in [0.2, 0.25) is 0 Å². The zero-order valence-electron chi connectivity index (χ0n) is 13.4. The first kappa shape index (κ1) is 16.8. The Labute approximate surface area is 144 Å². The molecule has 1 aromatic heterocycles. The van der Waals surface area contributed by atoms with Gasteiger partial charge in [0.05, 0.1) is 6.26 Å². The van der Waals surface area contributed by atoms with E-state index in [-0.39, 0.29) is 12.4 Å². The molecule has 25 heavy (non-hydrogen) atoms. The number of carbonyl (C=O) groups is 1. The van der Waals surface area contributed by atoms with E-state index in [9.17, 15) is 9.90 Å². The summed E-state index contributed by atoms with van der Waals surface area (Å²) in [5.74, 6) is 5.36. The fourth-order valence-electron chi connectivity index (χ4n) is 2.48. The van der Waals surface area contributed by atoms with Gasteiger partial charge in [0.1, 0.15) is 18.5 Å². The van der Waals surface area contributed by atoms with Crippen molar-refractivity contribution in [2.75, 3.05) is 6.61 Å². The molecular formula is C19H18N2O4. The lowest BCUT2D eigenvalue weighted by Crippen LogP contribution is -2.29. The first-order valence-electron chi connectivity index (χ1n) is 7.73. The second-order valence-electron chi connectivity index (χ2n) is 5.40. The molecule has 3 aromatic rings. The first-order chi connectivity index (χ1) is 12.2. The van der Waals surface area contributed by atoms with Crippen LogP contribution in [0.25, 0.3) is 11.1 Å². The average Bonchev–Trinajstić information content (AvgIpc) is 3.16. The third-order valence-corrected chi connectivity index (χ3v) is 3.74. The smallest absolute Gasteiger partial charge is 0.301 e. The van der Waals surface area contributed by atoms with Crippen LogP contribution < -0.4 is 16.0 Å². The number of amides is 1. The zero-order chi connectivity index (χ0) is 17.6. The molecule has 1 atom stereocenters. The third-order valence-electron chi connectivity index (χ3n) is 3.74. The zero-order valence-corrected chi connectivity index (χ0v) is 13.4. The molecule has 0 aliphatic heterocycles. The van der Waals surface area contributed by atoms with Crippen molar-refractivity contribution in [3.63, 3.8) is 0 Å². The number of hydrazine groups is 1. The van der Waals surface area contributed by atoms with Crippen molar-refractivity contribution < 1.29 is 19.1 Å². The van der Waals surface area contributed by atoms with E-state index in [1.807, 2.05) is 36.4 Å². The molecule has 2 aromatic carbocycles. The highest BCUT2D eigenvalue weighted by atomic mass is 16.5. The van der Waals surface area contributed by atoms with Crippen LogP contribution in [0.2, 0.25) is 0 Å². The number of hydrogen-bond donors (Lipinski definition) is 3. The van der Waals surface area contributed by atoms with Gasteiger partial charge in [0.25, 0.3) is 0 Å². The molecule has 3 rings (SSSR count). The number of hydrogen-bond acceptors (Lipinski definition) is 5. The van der Waals surface area contributed by atoms with Crippen LogP contribution in [0.15, 0.2) is 71.3 Å². The summed E-state index contributed by atoms with van der Waals surface area (Å²) in [6.45, 7) is 0.120. The van der Waals surface area contributed by atoms with Gasteiger partial charge in [-0.1, -0.05) is 42.5 Å². The summed E-state index contributed by atoms with van der Waals surface area (Å²) in [5, 5.41) is 10.2. The number of aliphatic hydroxyl groups is 1. The molecule has 6 heteroatoms. The van der Waals surface area contributed by atoms with Crippen LogP contribution in [-0.4, -0.2) is 17.6 Å². The van der Waals surface area contributed by atoms with Gasteiger partial charge in [-0.05, 0) is 29.3 Å². The molecule has 1 unspecified atom stereocenters. The molecule has 1 heterocycles. The normalized spacial score (nSPS) is 11.8. The maximum absolute atomic E-state index is 11.7. The second kappa shape index (κ2) is 7.65. The molecule has 128 valence electrons. The van der Waals surface area contributed by atoms with E-state index in [4.69, 9.17) is 15.0 Å². The monoisotopic (exact) mass is 338 g/mol. The van der Waals surface area contributed by atoms with Gasteiger partial charge >= 0.3 is 5.91 Å². The lowest BCUT2D eigenvalue weighted by molar-refractivity contribution is 0.0927. The maximum Gasteiger partial charge on any atom is 0.301 e. The van der Waals surface area contributed by atoms with E-state index in [0.29, 0.717) is 11.3 Å². The minimum atomic E-state index is -0.725. The number of benzene rings is 2. The SMILES string of the molecule is NNC(=O)c1occc1-c1cccc(OCC(O)c2ccccc2)c1. The molecule has 0 bridgehead atoms. The topological polar surface area (TPSA) is 97.7 Å². The van der Waals surface area contributed by atoms with E-state index in [1.54, 1.807) is 24.3 Å². The van der Waals surface area contributed by atoms with Crippen LogP contribution in [0.4, 0.5) is 0 Å². The average molecular weight is 338 g/mol. The Morgan fingerprint density at radius 3 is 2.72 bits per heavy atom. The molecule has 0 saturated heterocycles. The summed E-state index contributed by atoms with van der Waals surface area (Å²) in [7, 11) is 0. The highest BCUT2D eigenvalue weighted by Crippen LogP contribution is 2.28. The Morgan fingerprint density at radius 1 is 1.16 bits per heavy atom. The molecule has 0 radical (unpaired) electrons. The number of rotatable bonds is 6. The minimum absolute atomic E-state index is 0.120. The van der Waals surface area contributed by atoms with E-state index >= 15 is 0 Å². The summed E-state index contributed by atoms with van der Waals surface area (Å²) in [6.07, 6.45) is 0.699. The van der Waals surface area contributed by atoms with Gasteiger partial charge in [0, 0.05) is 5.56 Å². The molecule has 0 spiro atoms. The number of ether oxygens (including phenoxy) is 1. The summed E-state index contributed by atoms with van der Waals surface area (Å²) in [6, 6.07) is 18.2. The minimum Gasteiger partial charge on any atom is -0.491 e. The maximum atomic E-state index is 11.7. The molecule has 1 amide bonds. The van der Waals surface area contributed by atoms with Crippen molar-refractivity contribution in [3.8, 4) is 16.9 Å². The van der Waals surface area contributed by atoms with Crippen LogP contribution in [0, 0.1) is 0 Å². The van der Waals surface area contributed by atoms with Gasteiger partial charge in [-0.15, -0.1) is 0 Å². The van der Waals surface area contributed by atoms with Crippen LogP contribution in [0.5, 0.6) is 5.75 Å². The quantitative estimate of drug-likeness (QED) is 0.365. The molecule has 0 fully saturated rings. The van der Waals surface area contributed by atoms with E-state index in [2.05, 4.69) is 5.43 Å². The fourth-order valence-corrected chi connectivity index (χ4v) is 2.48. The lowest BCUT2D eigenvalue weighted by Gasteiger charge is -2.13. The summed E-state index contributed by atoms with van der Waals surface area (Å²) < 4.78 is 10.9. The fraction of sp³-hybridized carbons (Fsp3) is 0.105. The Kier molecular flexibility index (Phi) is 5.13. The summed E-state index contributed by atoms with van der Waals surface area (Å²) in [5.41, 5.74) is 4.20. The van der Waals surface area contributed by atoms with Crippen molar-refractivity contribution in [1.82, 2.24) is 5.43 Å². The van der Waals surface area contributed by atoms with E-state index in [1.165, 1.54) is 6.26 Å². The number of aliphatic hydroxyl groups excluding tert-OH is 1. The van der Waals surface area contributed by atoms with Crippen molar-refractivity contribution in [2.45, 2.75) is 6.10 Å². The van der Waals surface area contributed by atoms with Crippen molar-refractivity contribution >= 4 is 5.91 Å². The number of nitrogens with one attached hydrogen (secondary N) is 1. The Morgan fingerprint density at radius 2 is 1.96 bits per heavy atom. The molecule has 0 aliphatic rings. The molecule has 0 saturated carbocycles. The van der Waals surface area contributed by atoms with Crippen LogP contribution >= 0.6 is 0 Å². The second-order valence-corrected chi connectivity index (χ2v) is 5.40. The number of nitrogen functional groups attached to an aromatic ring is 1. The Hall–Kier alpha value is -3.09. The predicted octanol–water partition coefficient (Wildman–Crippen LogP) is 2.66. The van der Waals surface area contributed by atoms with E-state index in [0.717, 1.165) is 11.1 Å². The molecule has 6 nitrogen and oxygen atoms in total. The van der Waals surface area contributed by atoms with Crippen molar-refractivity contribution in [2.24, 2.45) is 5.84 Å². The van der Waals surface area contributed by atoms with Crippen molar-refractivity contribution in [3.05, 3.63) is 78.3 Å². The lowest BCUT2D eigenvalue weighted by atomic mass is 10.1. The van der Waals surface area contributed by atoms with Gasteiger partial charge < -0.3 is 14.3 Å². The van der Waals surface area contributed by atoms with Crippen molar-refractivity contribution in [1.29, 1.82) is 0 Å². The number of furan rings is 1. The van der Waals surface area contributed by atoms with E-state index < -0.39 is 12.0 Å². The third kappa shape index (κ3) is 3.88.